The molecule has 0 fully saturated rings. The lowest BCUT2D eigenvalue weighted by atomic mass is 10.2. The van der Waals surface area contributed by atoms with Gasteiger partial charge in [-0.05, 0) is 29.8 Å². The number of nitro benzene ring substituents is 2. The Balaban J connectivity index is 2.30. The molecule has 0 aliphatic heterocycles. The summed E-state index contributed by atoms with van der Waals surface area (Å²) in [6, 6.07) is 6.49. The van der Waals surface area contributed by atoms with E-state index in [4.69, 9.17) is 11.6 Å². The van der Waals surface area contributed by atoms with Crippen LogP contribution in [0.15, 0.2) is 41.8 Å². The van der Waals surface area contributed by atoms with Crippen molar-refractivity contribution in [3.8, 4) is 0 Å². The molecule has 0 saturated heterocycles. The van der Waals surface area contributed by atoms with Crippen LogP contribution in [0.2, 0.25) is 5.02 Å². The quantitative estimate of drug-likeness (QED) is 0.535. The van der Waals surface area contributed by atoms with E-state index in [9.17, 15) is 33.0 Å². The van der Waals surface area contributed by atoms with Gasteiger partial charge in [-0.25, -0.2) is 8.42 Å². The van der Waals surface area contributed by atoms with Crippen molar-refractivity contribution >= 4 is 38.9 Å². The third kappa shape index (κ3) is 4.83. The number of sulfone groups is 1. The van der Waals surface area contributed by atoms with Crippen LogP contribution in [0.1, 0.15) is 11.1 Å². The van der Waals surface area contributed by atoms with Crippen LogP contribution in [0.25, 0.3) is 6.08 Å². The number of halogens is 2. The first-order chi connectivity index (χ1) is 12.1. The van der Waals surface area contributed by atoms with Crippen LogP contribution in [-0.2, 0) is 15.6 Å². The maximum atomic E-state index is 13.3. The monoisotopic (exact) mass is 400 g/mol. The fourth-order valence-electron chi connectivity index (χ4n) is 2.05. The van der Waals surface area contributed by atoms with Crippen LogP contribution in [0, 0.1) is 26.0 Å². The SMILES string of the molecule is O=[N+]([O-])c1cc(C=CS(=O)(=O)Cc2ccc(Cl)cc2[N+](=O)[O-])ccc1F. The van der Waals surface area contributed by atoms with Crippen molar-refractivity contribution < 1.29 is 22.7 Å². The zero-order valence-electron chi connectivity index (χ0n) is 12.8. The van der Waals surface area contributed by atoms with Gasteiger partial charge < -0.3 is 0 Å². The van der Waals surface area contributed by atoms with Gasteiger partial charge >= 0.3 is 5.69 Å². The molecule has 0 aliphatic carbocycles. The van der Waals surface area contributed by atoms with Crippen molar-refractivity contribution in [2.24, 2.45) is 0 Å². The van der Waals surface area contributed by atoms with Crippen LogP contribution in [0.4, 0.5) is 15.8 Å². The summed E-state index contributed by atoms with van der Waals surface area (Å²) < 4.78 is 37.6. The van der Waals surface area contributed by atoms with E-state index in [-0.39, 0.29) is 16.1 Å². The lowest BCUT2D eigenvalue weighted by Gasteiger charge is -2.03. The summed E-state index contributed by atoms with van der Waals surface area (Å²) in [4.78, 5) is 20.0. The van der Waals surface area contributed by atoms with Gasteiger partial charge in [-0.1, -0.05) is 17.7 Å². The van der Waals surface area contributed by atoms with Gasteiger partial charge in [0, 0.05) is 28.1 Å². The Hall–Kier alpha value is -2.85. The molecule has 26 heavy (non-hydrogen) atoms. The second-order valence-electron chi connectivity index (χ2n) is 5.11. The summed E-state index contributed by atoms with van der Waals surface area (Å²) in [6.07, 6.45) is 1.05. The van der Waals surface area contributed by atoms with Gasteiger partial charge in [0.15, 0.2) is 9.84 Å². The average Bonchev–Trinajstić information content (AvgIpc) is 2.55. The van der Waals surface area contributed by atoms with Crippen molar-refractivity contribution in [2.75, 3.05) is 0 Å². The van der Waals surface area contributed by atoms with Gasteiger partial charge in [0.2, 0.25) is 5.82 Å². The maximum Gasteiger partial charge on any atom is 0.305 e. The summed E-state index contributed by atoms with van der Waals surface area (Å²) >= 11 is 5.67. The Morgan fingerprint density at radius 2 is 1.69 bits per heavy atom. The molecule has 0 heterocycles. The van der Waals surface area contributed by atoms with Crippen LogP contribution < -0.4 is 0 Å². The van der Waals surface area contributed by atoms with Crippen LogP contribution in [-0.4, -0.2) is 18.3 Å². The molecule has 0 atom stereocenters. The topological polar surface area (TPSA) is 120 Å². The molecule has 0 bridgehead atoms. The Kier molecular flexibility index (Phi) is 5.68. The molecule has 0 saturated carbocycles. The minimum Gasteiger partial charge on any atom is -0.258 e. The average molecular weight is 401 g/mol. The van der Waals surface area contributed by atoms with E-state index in [1.165, 1.54) is 18.2 Å². The normalized spacial score (nSPS) is 11.6. The van der Waals surface area contributed by atoms with Gasteiger partial charge in [-0.2, -0.15) is 4.39 Å². The molecule has 136 valence electrons. The summed E-state index contributed by atoms with van der Waals surface area (Å²) in [5.41, 5.74) is -1.20. The number of hydrogen-bond donors (Lipinski definition) is 0. The fourth-order valence-corrected chi connectivity index (χ4v) is 3.35. The van der Waals surface area contributed by atoms with E-state index in [1.54, 1.807) is 0 Å². The summed E-state index contributed by atoms with van der Waals surface area (Å²) in [5, 5.41) is 22.5. The van der Waals surface area contributed by atoms with E-state index in [1.807, 2.05) is 0 Å². The zero-order chi connectivity index (χ0) is 19.5. The Morgan fingerprint density at radius 3 is 2.31 bits per heavy atom. The lowest BCUT2D eigenvalue weighted by molar-refractivity contribution is -0.387. The van der Waals surface area contributed by atoms with Crippen molar-refractivity contribution in [3.05, 3.63) is 84.0 Å². The highest BCUT2D eigenvalue weighted by molar-refractivity contribution is 7.93. The second-order valence-corrected chi connectivity index (χ2v) is 7.43. The summed E-state index contributed by atoms with van der Waals surface area (Å²) in [6.45, 7) is 0. The van der Waals surface area contributed by atoms with Crippen molar-refractivity contribution in [2.45, 2.75) is 5.75 Å². The van der Waals surface area contributed by atoms with Crippen molar-refractivity contribution in [3.63, 3.8) is 0 Å². The zero-order valence-corrected chi connectivity index (χ0v) is 14.4. The molecule has 0 spiro atoms. The maximum absolute atomic E-state index is 13.3. The minimum atomic E-state index is -3.94. The highest BCUT2D eigenvalue weighted by Gasteiger charge is 2.19. The van der Waals surface area contributed by atoms with E-state index in [2.05, 4.69) is 0 Å². The standard InChI is InChI=1S/C15H10ClFN2O6S/c16-12-3-2-11(14(8-12)18(20)21)9-26(24,25)6-5-10-1-4-13(17)15(7-10)19(22)23/h1-8H,9H2. The van der Waals surface area contributed by atoms with Crippen LogP contribution in [0.3, 0.4) is 0 Å². The predicted molar refractivity (Wildman–Crippen MR) is 92.8 cm³/mol. The third-order valence-corrected chi connectivity index (χ3v) is 4.73. The first-order valence-electron chi connectivity index (χ1n) is 6.86. The summed E-state index contributed by atoms with van der Waals surface area (Å²) in [5.74, 6) is -1.72. The molecule has 0 radical (unpaired) electrons. The van der Waals surface area contributed by atoms with Crippen LogP contribution >= 0.6 is 11.6 Å². The van der Waals surface area contributed by atoms with Gasteiger partial charge in [0.25, 0.3) is 5.69 Å². The summed E-state index contributed by atoms with van der Waals surface area (Å²) in [7, 11) is -3.94. The van der Waals surface area contributed by atoms with E-state index >= 15 is 0 Å². The highest BCUT2D eigenvalue weighted by Crippen LogP contribution is 2.26. The third-order valence-electron chi connectivity index (χ3n) is 3.24. The fraction of sp³-hybridized carbons (Fsp3) is 0.0667. The van der Waals surface area contributed by atoms with Crippen molar-refractivity contribution in [1.29, 1.82) is 0 Å². The molecule has 2 aromatic carbocycles. The van der Waals surface area contributed by atoms with Gasteiger partial charge in [0.1, 0.15) is 0 Å². The number of rotatable bonds is 6. The number of nitro groups is 2. The number of hydrogen-bond acceptors (Lipinski definition) is 6. The Morgan fingerprint density at radius 1 is 1.04 bits per heavy atom. The number of nitrogens with zero attached hydrogens (tertiary/aromatic N) is 2. The van der Waals surface area contributed by atoms with Gasteiger partial charge in [-0.3, -0.25) is 20.2 Å². The number of benzene rings is 2. The molecule has 0 aliphatic rings. The highest BCUT2D eigenvalue weighted by atomic mass is 35.5. The van der Waals surface area contributed by atoms with E-state index in [0.717, 1.165) is 29.7 Å². The smallest absolute Gasteiger partial charge is 0.258 e. The first kappa shape index (κ1) is 19.5. The predicted octanol–water partition coefficient (Wildman–Crippen LogP) is 3.88. The molecule has 11 heteroatoms. The second kappa shape index (κ2) is 7.58. The van der Waals surface area contributed by atoms with Crippen LogP contribution in [0.5, 0.6) is 0 Å². The Labute approximate surface area is 151 Å². The molecule has 0 aromatic heterocycles. The molecule has 2 rings (SSSR count). The van der Waals surface area contributed by atoms with Gasteiger partial charge in [-0.15, -0.1) is 0 Å². The first-order valence-corrected chi connectivity index (χ1v) is 8.96. The Bertz CT molecular complexity index is 1020. The minimum absolute atomic E-state index is 0.0610. The van der Waals surface area contributed by atoms with E-state index < -0.39 is 42.6 Å². The van der Waals surface area contributed by atoms with E-state index in [0.29, 0.717) is 0 Å². The molecule has 2 aromatic rings. The molecule has 8 nitrogen and oxygen atoms in total. The molecular formula is C15H10ClFN2O6S. The largest absolute Gasteiger partial charge is 0.305 e. The molecule has 0 unspecified atom stereocenters. The molecule has 0 amide bonds. The van der Waals surface area contributed by atoms with Crippen molar-refractivity contribution in [1.82, 2.24) is 0 Å². The lowest BCUT2D eigenvalue weighted by Crippen LogP contribution is -2.03. The molecular weight excluding hydrogens is 391 g/mol. The van der Waals surface area contributed by atoms with Gasteiger partial charge in [0.05, 0.1) is 15.6 Å². The molecule has 0 N–H and O–H groups in total.